The fourth-order valence-corrected chi connectivity index (χ4v) is 2.61. The van der Waals surface area contributed by atoms with Crippen molar-refractivity contribution in [2.45, 2.75) is 52.6 Å². The van der Waals surface area contributed by atoms with Gasteiger partial charge in [-0.2, -0.15) is 0 Å². The predicted octanol–water partition coefficient (Wildman–Crippen LogP) is 2.14. The van der Waals surface area contributed by atoms with E-state index >= 15 is 0 Å². The number of likely N-dealkylation sites (N-methyl/N-ethyl adjacent to an activating group) is 1. The molecule has 0 bridgehead atoms. The lowest BCUT2D eigenvalue weighted by atomic mass is 9.97. The van der Waals surface area contributed by atoms with E-state index in [1.165, 1.54) is 0 Å². The molecule has 104 valence electrons. The van der Waals surface area contributed by atoms with E-state index in [1.54, 1.807) is 18.1 Å². The van der Waals surface area contributed by atoms with Crippen molar-refractivity contribution >= 4 is 17.4 Å². The summed E-state index contributed by atoms with van der Waals surface area (Å²) in [6.45, 7) is 10.2. The van der Waals surface area contributed by atoms with Gasteiger partial charge in [-0.3, -0.25) is 4.79 Å². The quantitative estimate of drug-likeness (QED) is 0.778. The van der Waals surface area contributed by atoms with Crippen molar-refractivity contribution in [2.75, 3.05) is 16.8 Å². The highest BCUT2D eigenvalue weighted by Gasteiger charge is 2.41. The van der Waals surface area contributed by atoms with Crippen LogP contribution in [0, 0.1) is 6.92 Å². The number of aryl methyl sites for hydroxylation is 1. The van der Waals surface area contributed by atoms with Crippen molar-refractivity contribution in [2.24, 2.45) is 0 Å². The van der Waals surface area contributed by atoms with Gasteiger partial charge in [0.15, 0.2) is 5.82 Å². The summed E-state index contributed by atoms with van der Waals surface area (Å²) in [5.41, 5.74) is 0.628. The molecule has 0 spiro atoms. The summed E-state index contributed by atoms with van der Waals surface area (Å²) in [5.74, 6) is 1.69. The normalized spacial score (nSPS) is 19.7. The highest BCUT2D eigenvalue weighted by atomic mass is 16.2. The SMILES string of the molecule is CCC1C(=O)N(C)c2cnc(C)nc2N1C(C)(C)C. The van der Waals surface area contributed by atoms with Crippen LogP contribution in [0.25, 0.3) is 0 Å². The van der Waals surface area contributed by atoms with E-state index in [2.05, 4.69) is 35.6 Å². The maximum absolute atomic E-state index is 12.5. The first kappa shape index (κ1) is 13.8. The van der Waals surface area contributed by atoms with Gasteiger partial charge in [-0.05, 0) is 34.1 Å². The summed E-state index contributed by atoms with van der Waals surface area (Å²) in [6, 6.07) is -0.160. The van der Waals surface area contributed by atoms with E-state index in [-0.39, 0.29) is 17.5 Å². The highest BCUT2D eigenvalue weighted by molar-refractivity contribution is 6.04. The third-order valence-electron chi connectivity index (χ3n) is 3.50. The van der Waals surface area contributed by atoms with Crippen LogP contribution in [0.2, 0.25) is 0 Å². The number of aromatic nitrogens is 2. The second kappa shape index (κ2) is 4.47. The van der Waals surface area contributed by atoms with E-state index < -0.39 is 0 Å². The molecule has 0 N–H and O–H groups in total. The zero-order valence-corrected chi connectivity index (χ0v) is 12.6. The van der Waals surface area contributed by atoms with Gasteiger partial charge in [0.1, 0.15) is 17.6 Å². The Balaban J connectivity index is 2.66. The Labute approximate surface area is 114 Å². The number of hydrogen-bond donors (Lipinski definition) is 0. The molecule has 0 saturated carbocycles. The summed E-state index contributed by atoms with van der Waals surface area (Å²) >= 11 is 0. The van der Waals surface area contributed by atoms with Crippen LogP contribution in [-0.2, 0) is 4.79 Å². The summed E-state index contributed by atoms with van der Waals surface area (Å²) in [7, 11) is 1.79. The predicted molar refractivity (Wildman–Crippen MR) is 76.5 cm³/mol. The first-order valence-electron chi connectivity index (χ1n) is 6.68. The molecule has 0 fully saturated rings. The Morgan fingerprint density at radius 3 is 2.53 bits per heavy atom. The molecule has 1 aliphatic rings. The smallest absolute Gasteiger partial charge is 0.249 e. The standard InChI is InChI=1S/C14H22N4O/c1-7-10-13(19)17(6)11-8-15-9(2)16-12(11)18(10)14(3,4)5/h8,10H,7H2,1-6H3. The summed E-state index contributed by atoms with van der Waals surface area (Å²) in [6.07, 6.45) is 2.50. The van der Waals surface area contributed by atoms with E-state index in [0.717, 1.165) is 23.8 Å². The zero-order valence-electron chi connectivity index (χ0n) is 12.6. The Morgan fingerprint density at radius 1 is 1.37 bits per heavy atom. The lowest BCUT2D eigenvalue weighted by molar-refractivity contribution is -0.120. The molecule has 0 saturated heterocycles. The minimum Gasteiger partial charge on any atom is -0.338 e. The Morgan fingerprint density at radius 2 is 2.00 bits per heavy atom. The lowest BCUT2D eigenvalue weighted by Gasteiger charge is -2.47. The molecule has 1 atom stereocenters. The highest BCUT2D eigenvalue weighted by Crippen LogP contribution is 2.38. The maximum Gasteiger partial charge on any atom is 0.249 e. The first-order valence-corrected chi connectivity index (χ1v) is 6.68. The van der Waals surface area contributed by atoms with Crippen LogP contribution in [-0.4, -0.2) is 34.5 Å². The lowest BCUT2D eigenvalue weighted by Crippen LogP contribution is -2.59. The molecular formula is C14H22N4O. The molecule has 2 heterocycles. The van der Waals surface area contributed by atoms with Crippen molar-refractivity contribution in [3.05, 3.63) is 12.0 Å². The number of fused-ring (bicyclic) bond motifs is 1. The average molecular weight is 262 g/mol. The van der Waals surface area contributed by atoms with Gasteiger partial charge in [0, 0.05) is 12.6 Å². The Bertz CT molecular complexity index is 507. The molecule has 0 radical (unpaired) electrons. The molecule has 1 unspecified atom stereocenters. The van der Waals surface area contributed by atoms with Crippen molar-refractivity contribution in [1.82, 2.24) is 9.97 Å². The zero-order chi connectivity index (χ0) is 14.4. The van der Waals surface area contributed by atoms with E-state index in [0.29, 0.717) is 0 Å². The minimum absolute atomic E-state index is 0.109. The van der Waals surface area contributed by atoms with E-state index in [9.17, 15) is 4.79 Å². The monoisotopic (exact) mass is 262 g/mol. The van der Waals surface area contributed by atoms with Crippen molar-refractivity contribution in [3.8, 4) is 0 Å². The number of carbonyl (C=O) groups excluding carboxylic acids is 1. The van der Waals surface area contributed by atoms with Crippen LogP contribution in [0.15, 0.2) is 6.20 Å². The molecule has 1 amide bonds. The number of carbonyl (C=O) groups is 1. The number of hydrogen-bond acceptors (Lipinski definition) is 4. The van der Waals surface area contributed by atoms with Crippen LogP contribution in [0.4, 0.5) is 11.5 Å². The third-order valence-corrected chi connectivity index (χ3v) is 3.50. The van der Waals surface area contributed by atoms with Gasteiger partial charge in [-0.15, -0.1) is 0 Å². The number of nitrogens with zero attached hydrogens (tertiary/aromatic N) is 4. The third kappa shape index (κ3) is 2.17. The van der Waals surface area contributed by atoms with E-state index in [4.69, 9.17) is 0 Å². The first-order chi connectivity index (χ1) is 8.77. The van der Waals surface area contributed by atoms with Crippen molar-refractivity contribution in [1.29, 1.82) is 0 Å². The molecular weight excluding hydrogens is 240 g/mol. The second-order valence-electron chi connectivity index (χ2n) is 5.99. The van der Waals surface area contributed by atoms with Gasteiger partial charge in [-0.25, -0.2) is 9.97 Å². The minimum atomic E-state index is -0.160. The topological polar surface area (TPSA) is 49.3 Å². The summed E-state index contributed by atoms with van der Waals surface area (Å²) in [4.78, 5) is 25.1. The van der Waals surface area contributed by atoms with Gasteiger partial charge in [0.05, 0.1) is 6.20 Å². The Hall–Kier alpha value is -1.65. The van der Waals surface area contributed by atoms with Crippen molar-refractivity contribution in [3.63, 3.8) is 0 Å². The molecule has 1 aromatic rings. The molecule has 0 aromatic carbocycles. The van der Waals surface area contributed by atoms with Gasteiger partial charge in [0.2, 0.25) is 5.91 Å². The van der Waals surface area contributed by atoms with Gasteiger partial charge >= 0.3 is 0 Å². The number of anilines is 2. The molecule has 1 aliphatic heterocycles. The van der Waals surface area contributed by atoms with Gasteiger partial charge in [-0.1, -0.05) is 6.92 Å². The fourth-order valence-electron chi connectivity index (χ4n) is 2.61. The van der Waals surface area contributed by atoms with Crippen LogP contribution in [0.1, 0.15) is 39.9 Å². The van der Waals surface area contributed by atoms with Crippen LogP contribution in [0.5, 0.6) is 0 Å². The largest absolute Gasteiger partial charge is 0.338 e. The number of amides is 1. The number of rotatable bonds is 1. The summed E-state index contributed by atoms with van der Waals surface area (Å²) in [5, 5.41) is 0. The van der Waals surface area contributed by atoms with Crippen LogP contribution >= 0.6 is 0 Å². The molecule has 2 rings (SSSR count). The van der Waals surface area contributed by atoms with Gasteiger partial charge in [0.25, 0.3) is 0 Å². The maximum atomic E-state index is 12.5. The van der Waals surface area contributed by atoms with Crippen LogP contribution in [0.3, 0.4) is 0 Å². The van der Waals surface area contributed by atoms with E-state index in [1.807, 2.05) is 13.8 Å². The van der Waals surface area contributed by atoms with Gasteiger partial charge < -0.3 is 9.80 Å². The molecule has 5 nitrogen and oxygen atoms in total. The average Bonchev–Trinajstić information content (AvgIpc) is 2.31. The molecule has 1 aromatic heterocycles. The second-order valence-corrected chi connectivity index (χ2v) is 5.99. The molecule has 0 aliphatic carbocycles. The molecule has 19 heavy (non-hydrogen) atoms. The van der Waals surface area contributed by atoms with Crippen molar-refractivity contribution < 1.29 is 4.79 Å². The molecule has 5 heteroatoms. The summed E-state index contributed by atoms with van der Waals surface area (Å²) < 4.78 is 0. The Kier molecular flexibility index (Phi) is 3.24. The van der Waals surface area contributed by atoms with Crippen LogP contribution < -0.4 is 9.80 Å². The fraction of sp³-hybridized carbons (Fsp3) is 0.643.